The summed E-state index contributed by atoms with van der Waals surface area (Å²) < 4.78 is 0. The maximum atomic E-state index is 2.41. The van der Waals surface area contributed by atoms with Crippen molar-refractivity contribution in [2.24, 2.45) is 0 Å². The van der Waals surface area contributed by atoms with Crippen LogP contribution in [0.4, 0.5) is 0 Å². The standard InChI is InChI=1S/C21H24Si2/c1-23(2,3)21-16-14-20(15-17-21)22(18-10-6-4-7-11-18)19-12-8-5-9-13-19/h4-17,22H,1-3H3. The highest BCUT2D eigenvalue weighted by Crippen LogP contribution is 2.02. The van der Waals surface area contributed by atoms with Gasteiger partial charge in [0.2, 0.25) is 0 Å². The molecule has 0 N–H and O–H groups in total. The molecule has 0 heterocycles. The van der Waals surface area contributed by atoms with Gasteiger partial charge in [-0.3, -0.25) is 0 Å². The van der Waals surface area contributed by atoms with Gasteiger partial charge in [0.15, 0.2) is 0 Å². The molecule has 0 saturated carbocycles. The second-order valence-corrected chi connectivity index (χ2v) is 15.1. The summed E-state index contributed by atoms with van der Waals surface area (Å²) in [7, 11) is -2.60. The van der Waals surface area contributed by atoms with Gasteiger partial charge >= 0.3 is 0 Å². The topological polar surface area (TPSA) is 0 Å². The lowest BCUT2D eigenvalue weighted by Gasteiger charge is -2.20. The molecule has 3 aromatic carbocycles. The van der Waals surface area contributed by atoms with Crippen LogP contribution in [-0.4, -0.2) is 16.9 Å². The molecule has 2 heteroatoms. The van der Waals surface area contributed by atoms with Crippen molar-refractivity contribution < 1.29 is 0 Å². The molecule has 3 aromatic rings. The van der Waals surface area contributed by atoms with Crippen LogP contribution < -0.4 is 20.7 Å². The van der Waals surface area contributed by atoms with Crippen molar-refractivity contribution in [2.45, 2.75) is 19.6 Å². The summed E-state index contributed by atoms with van der Waals surface area (Å²) in [5, 5.41) is 6.01. The fraction of sp³-hybridized carbons (Fsp3) is 0.143. The average Bonchev–Trinajstić information content (AvgIpc) is 2.57. The van der Waals surface area contributed by atoms with Crippen molar-refractivity contribution in [3.8, 4) is 0 Å². The molecule has 0 aliphatic heterocycles. The summed E-state index contributed by atoms with van der Waals surface area (Å²) in [4.78, 5) is 0. The molecule has 0 spiro atoms. The Balaban J connectivity index is 2.06. The molecule has 0 nitrogen and oxygen atoms in total. The maximum absolute atomic E-state index is 2.41. The fourth-order valence-electron chi connectivity index (χ4n) is 3.04. The Bertz CT molecular complexity index is 702. The predicted octanol–water partition coefficient (Wildman–Crippen LogP) is 2.48. The molecular weight excluding hydrogens is 308 g/mol. The second kappa shape index (κ2) is 6.69. The summed E-state index contributed by atoms with van der Waals surface area (Å²) in [6.07, 6.45) is 0. The van der Waals surface area contributed by atoms with Crippen molar-refractivity contribution in [3.05, 3.63) is 84.9 Å². The summed E-state index contributed by atoms with van der Waals surface area (Å²) >= 11 is 0. The van der Waals surface area contributed by atoms with E-state index in [4.69, 9.17) is 0 Å². The van der Waals surface area contributed by atoms with Crippen molar-refractivity contribution in [3.63, 3.8) is 0 Å². The maximum Gasteiger partial charge on any atom is 0.132 e. The van der Waals surface area contributed by atoms with Gasteiger partial charge in [-0.15, -0.1) is 0 Å². The zero-order chi connectivity index (χ0) is 16.3. The highest BCUT2D eigenvalue weighted by Gasteiger charge is 2.20. The third-order valence-corrected chi connectivity index (χ3v) is 9.60. The van der Waals surface area contributed by atoms with Gasteiger partial charge in [0.1, 0.15) is 8.80 Å². The molecule has 0 radical (unpaired) electrons. The van der Waals surface area contributed by atoms with Gasteiger partial charge in [0.25, 0.3) is 0 Å². The summed E-state index contributed by atoms with van der Waals surface area (Å²) in [5.41, 5.74) is 0. The zero-order valence-corrected chi connectivity index (χ0v) is 16.3. The first-order chi connectivity index (χ1) is 11.1. The van der Waals surface area contributed by atoms with Gasteiger partial charge in [0, 0.05) is 0 Å². The van der Waals surface area contributed by atoms with E-state index < -0.39 is 16.9 Å². The monoisotopic (exact) mass is 332 g/mol. The SMILES string of the molecule is C[Si](C)(C)c1ccc([SiH](c2ccccc2)c2ccccc2)cc1. The molecule has 3 rings (SSSR count). The van der Waals surface area contributed by atoms with E-state index in [-0.39, 0.29) is 0 Å². The van der Waals surface area contributed by atoms with E-state index in [9.17, 15) is 0 Å². The van der Waals surface area contributed by atoms with Gasteiger partial charge < -0.3 is 0 Å². The fourth-order valence-corrected chi connectivity index (χ4v) is 7.16. The van der Waals surface area contributed by atoms with Crippen LogP contribution in [-0.2, 0) is 0 Å². The molecule has 0 saturated heterocycles. The Labute approximate surface area is 142 Å². The Morgan fingerprint density at radius 2 is 0.913 bits per heavy atom. The predicted molar refractivity (Wildman–Crippen MR) is 108 cm³/mol. The molecule has 0 bridgehead atoms. The van der Waals surface area contributed by atoms with Crippen LogP contribution in [0.5, 0.6) is 0 Å². The minimum atomic E-state index is -1.37. The highest BCUT2D eigenvalue weighted by molar-refractivity contribution is 6.95. The smallest absolute Gasteiger partial charge is 0.0656 e. The quantitative estimate of drug-likeness (QED) is 0.509. The normalized spacial score (nSPS) is 11.7. The van der Waals surface area contributed by atoms with E-state index >= 15 is 0 Å². The molecule has 116 valence electrons. The molecule has 23 heavy (non-hydrogen) atoms. The van der Waals surface area contributed by atoms with E-state index in [1.165, 1.54) is 20.7 Å². The molecule has 0 aromatic heterocycles. The zero-order valence-electron chi connectivity index (χ0n) is 14.2. The Morgan fingerprint density at radius 3 is 1.30 bits per heavy atom. The van der Waals surface area contributed by atoms with Gasteiger partial charge in [-0.25, -0.2) is 0 Å². The van der Waals surface area contributed by atoms with Gasteiger partial charge in [0.05, 0.1) is 8.07 Å². The minimum Gasteiger partial charge on any atom is -0.0656 e. The number of rotatable bonds is 4. The van der Waals surface area contributed by atoms with Crippen LogP contribution in [0.25, 0.3) is 0 Å². The minimum absolute atomic E-state index is 1.23. The first-order valence-corrected chi connectivity index (χ1v) is 13.5. The van der Waals surface area contributed by atoms with Crippen LogP contribution in [0.15, 0.2) is 84.9 Å². The first-order valence-electron chi connectivity index (χ1n) is 8.26. The van der Waals surface area contributed by atoms with Crippen molar-refractivity contribution >= 4 is 37.6 Å². The van der Waals surface area contributed by atoms with Crippen LogP contribution in [0.3, 0.4) is 0 Å². The molecule has 0 atom stereocenters. The first kappa shape index (κ1) is 16.0. The molecular formula is C21H24Si2. The van der Waals surface area contributed by atoms with Crippen molar-refractivity contribution in [1.82, 2.24) is 0 Å². The van der Waals surface area contributed by atoms with Crippen LogP contribution in [0.1, 0.15) is 0 Å². The van der Waals surface area contributed by atoms with Crippen LogP contribution in [0, 0.1) is 0 Å². The summed E-state index contributed by atoms with van der Waals surface area (Å²) in [5.74, 6) is 0. The molecule has 0 aliphatic rings. The number of benzene rings is 3. The summed E-state index contributed by atoms with van der Waals surface area (Å²) in [6.45, 7) is 7.22. The Morgan fingerprint density at radius 1 is 0.522 bits per heavy atom. The Kier molecular flexibility index (Phi) is 4.64. The van der Waals surface area contributed by atoms with Crippen molar-refractivity contribution in [2.75, 3.05) is 0 Å². The van der Waals surface area contributed by atoms with Gasteiger partial charge in [-0.05, 0) is 0 Å². The lowest BCUT2D eigenvalue weighted by molar-refractivity contribution is 1.69. The lowest BCUT2D eigenvalue weighted by atomic mass is 10.3. The second-order valence-electron chi connectivity index (χ2n) is 7.13. The lowest BCUT2D eigenvalue weighted by Crippen LogP contribution is -2.52. The number of hydrogen-bond donors (Lipinski definition) is 0. The molecule has 0 unspecified atom stereocenters. The third kappa shape index (κ3) is 3.71. The summed E-state index contributed by atoms with van der Waals surface area (Å²) in [6, 6.07) is 31.5. The third-order valence-electron chi connectivity index (χ3n) is 4.38. The van der Waals surface area contributed by atoms with Crippen LogP contribution in [0.2, 0.25) is 19.6 Å². The molecule has 0 fully saturated rings. The van der Waals surface area contributed by atoms with Crippen molar-refractivity contribution in [1.29, 1.82) is 0 Å². The highest BCUT2D eigenvalue weighted by atomic mass is 28.3. The van der Waals surface area contributed by atoms with Gasteiger partial charge in [-0.2, -0.15) is 0 Å². The van der Waals surface area contributed by atoms with E-state index in [0.29, 0.717) is 0 Å². The molecule has 0 aliphatic carbocycles. The largest absolute Gasteiger partial charge is 0.132 e. The van der Waals surface area contributed by atoms with E-state index in [1.807, 2.05) is 0 Å². The van der Waals surface area contributed by atoms with Crippen LogP contribution >= 0.6 is 0 Å². The van der Waals surface area contributed by atoms with E-state index in [0.717, 1.165) is 0 Å². The Hall–Kier alpha value is -1.91. The van der Waals surface area contributed by atoms with E-state index in [1.54, 1.807) is 0 Å². The van der Waals surface area contributed by atoms with Gasteiger partial charge in [-0.1, -0.05) is 125 Å². The molecule has 0 amide bonds. The number of hydrogen-bond acceptors (Lipinski definition) is 0. The van der Waals surface area contributed by atoms with E-state index in [2.05, 4.69) is 105 Å². The average molecular weight is 333 g/mol.